The number of aliphatic carboxylic acids is 1. The van der Waals surface area contributed by atoms with Crippen molar-refractivity contribution in [2.24, 2.45) is 0 Å². The van der Waals surface area contributed by atoms with Crippen LogP contribution in [0.4, 0.5) is 0 Å². The number of unbranched alkanes of at least 4 members (excludes halogenated alkanes) is 2. The minimum absolute atomic E-state index is 0.112. The van der Waals surface area contributed by atoms with E-state index in [-0.39, 0.29) is 13.2 Å². The van der Waals surface area contributed by atoms with Gasteiger partial charge in [0.2, 0.25) is 5.91 Å². The van der Waals surface area contributed by atoms with Crippen molar-refractivity contribution in [3.8, 4) is 0 Å². The molecular weight excluding hydrogens is 226 g/mol. The lowest BCUT2D eigenvalue weighted by Gasteiger charge is -2.18. The van der Waals surface area contributed by atoms with Gasteiger partial charge in [-0.15, -0.1) is 0 Å². The van der Waals surface area contributed by atoms with Gasteiger partial charge >= 0.3 is 5.97 Å². The Morgan fingerprint density at radius 1 is 1.35 bits per heavy atom. The Morgan fingerprint density at radius 3 is 2.53 bits per heavy atom. The van der Waals surface area contributed by atoms with Crippen LogP contribution >= 0.6 is 0 Å². The molecule has 0 aromatic rings. The van der Waals surface area contributed by atoms with E-state index in [9.17, 15) is 14.7 Å². The van der Waals surface area contributed by atoms with E-state index in [0.717, 1.165) is 26.2 Å². The van der Waals surface area contributed by atoms with E-state index in [2.05, 4.69) is 12.2 Å². The molecule has 0 aromatic carbocycles. The van der Waals surface area contributed by atoms with Gasteiger partial charge in [-0.05, 0) is 13.3 Å². The molecule has 17 heavy (non-hydrogen) atoms. The van der Waals surface area contributed by atoms with Crippen LogP contribution in [0.5, 0.6) is 0 Å². The van der Waals surface area contributed by atoms with Crippen LogP contribution in [0.1, 0.15) is 33.1 Å². The first-order valence-electron chi connectivity index (χ1n) is 5.70. The van der Waals surface area contributed by atoms with Gasteiger partial charge in [0.1, 0.15) is 6.61 Å². The van der Waals surface area contributed by atoms with E-state index in [1.165, 1.54) is 0 Å². The molecule has 6 nitrogen and oxygen atoms in total. The number of carboxylic acid groups (broad SMARTS) is 1. The Balaban J connectivity index is 3.63. The number of carbonyl (C=O) groups excluding carboxylic acids is 1. The molecule has 100 valence electrons. The number of carboxylic acids is 1. The Bertz CT molecular complexity index is 252. The Labute approximate surface area is 101 Å². The van der Waals surface area contributed by atoms with Gasteiger partial charge in [0.05, 0.1) is 6.54 Å². The minimum Gasteiger partial charge on any atom is -0.479 e. The van der Waals surface area contributed by atoms with Crippen molar-refractivity contribution >= 4 is 11.9 Å². The van der Waals surface area contributed by atoms with Gasteiger partial charge in [0.25, 0.3) is 0 Å². The molecule has 0 aliphatic carbocycles. The molecule has 0 heterocycles. The zero-order valence-electron chi connectivity index (χ0n) is 10.4. The maximum absolute atomic E-state index is 11.2. The average molecular weight is 247 g/mol. The molecule has 1 unspecified atom stereocenters. The average Bonchev–Trinajstić information content (AvgIpc) is 2.26. The zero-order valence-corrected chi connectivity index (χ0v) is 10.4. The van der Waals surface area contributed by atoms with Gasteiger partial charge in [-0.25, -0.2) is 4.79 Å². The van der Waals surface area contributed by atoms with Crippen LogP contribution in [0.25, 0.3) is 0 Å². The summed E-state index contributed by atoms with van der Waals surface area (Å²) in [7, 11) is 0. The Morgan fingerprint density at radius 2 is 2.00 bits per heavy atom. The maximum Gasteiger partial charge on any atom is 0.337 e. The number of ether oxygens (including phenoxy) is 1. The fourth-order valence-electron chi connectivity index (χ4n) is 1.02. The third kappa shape index (κ3) is 7.70. The summed E-state index contributed by atoms with van der Waals surface area (Å²) >= 11 is 0. The monoisotopic (exact) mass is 247 g/mol. The maximum atomic E-state index is 11.2. The van der Waals surface area contributed by atoms with Crippen LogP contribution < -0.4 is 5.32 Å². The van der Waals surface area contributed by atoms with Gasteiger partial charge in [0.15, 0.2) is 5.60 Å². The van der Waals surface area contributed by atoms with Crippen LogP contribution in [0, 0.1) is 0 Å². The first-order valence-corrected chi connectivity index (χ1v) is 5.70. The SMILES string of the molecule is CCCCCOCC(=O)NCC(C)(O)C(=O)O. The van der Waals surface area contributed by atoms with Gasteiger partial charge in [-0.1, -0.05) is 19.8 Å². The van der Waals surface area contributed by atoms with Crippen molar-refractivity contribution < 1.29 is 24.5 Å². The second-order valence-corrected chi connectivity index (χ2v) is 4.12. The Kier molecular flexibility index (Phi) is 7.49. The van der Waals surface area contributed by atoms with Crippen molar-refractivity contribution in [1.29, 1.82) is 0 Å². The van der Waals surface area contributed by atoms with Crippen LogP contribution in [0.2, 0.25) is 0 Å². The van der Waals surface area contributed by atoms with Gasteiger partial charge in [0, 0.05) is 6.61 Å². The quantitative estimate of drug-likeness (QED) is 0.504. The van der Waals surface area contributed by atoms with E-state index in [4.69, 9.17) is 9.84 Å². The molecule has 0 radical (unpaired) electrons. The first-order chi connectivity index (χ1) is 7.90. The molecule has 0 aliphatic rings. The van der Waals surface area contributed by atoms with E-state index in [1.807, 2.05) is 0 Å². The van der Waals surface area contributed by atoms with E-state index in [0.29, 0.717) is 6.61 Å². The highest BCUT2D eigenvalue weighted by Gasteiger charge is 2.30. The van der Waals surface area contributed by atoms with Crippen molar-refractivity contribution in [2.45, 2.75) is 38.7 Å². The molecule has 0 aromatic heterocycles. The number of amides is 1. The van der Waals surface area contributed by atoms with Gasteiger partial charge in [-0.2, -0.15) is 0 Å². The third-order valence-corrected chi connectivity index (χ3v) is 2.22. The molecule has 0 rings (SSSR count). The van der Waals surface area contributed by atoms with Crippen molar-refractivity contribution in [3.63, 3.8) is 0 Å². The van der Waals surface area contributed by atoms with Crippen molar-refractivity contribution in [2.75, 3.05) is 19.8 Å². The number of carbonyl (C=O) groups is 2. The summed E-state index contributed by atoms with van der Waals surface area (Å²) in [4.78, 5) is 21.7. The molecule has 1 atom stereocenters. The number of rotatable bonds is 9. The number of nitrogens with one attached hydrogen (secondary N) is 1. The van der Waals surface area contributed by atoms with Crippen LogP contribution in [-0.2, 0) is 14.3 Å². The minimum atomic E-state index is -1.95. The molecular formula is C11H21NO5. The smallest absolute Gasteiger partial charge is 0.337 e. The highest BCUT2D eigenvalue weighted by molar-refractivity contribution is 5.80. The highest BCUT2D eigenvalue weighted by Crippen LogP contribution is 2.00. The summed E-state index contributed by atoms with van der Waals surface area (Å²) < 4.78 is 5.08. The second-order valence-electron chi connectivity index (χ2n) is 4.12. The molecule has 0 bridgehead atoms. The van der Waals surface area contributed by atoms with Crippen molar-refractivity contribution in [1.82, 2.24) is 5.32 Å². The fraction of sp³-hybridized carbons (Fsp3) is 0.818. The van der Waals surface area contributed by atoms with Crippen LogP contribution in [-0.4, -0.2) is 47.4 Å². The molecule has 0 fully saturated rings. The molecule has 3 N–H and O–H groups in total. The Hall–Kier alpha value is -1.14. The lowest BCUT2D eigenvalue weighted by molar-refractivity contribution is -0.156. The number of aliphatic hydroxyl groups is 1. The standard InChI is InChI=1S/C11H21NO5/c1-3-4-5-6-17-7-9(13)12-8-11(2,16)10(14)15/h16H,3-8H2,1-2H3,(H,12,13)(H,14,15). The molecule has 1 amide bonds. The summed E-state index contributed by atoms with van der Waals surface area (Å²) in [5.41, 5.74) is -1.95. The molecule has 0 aliphatic heterocycles. The molecule has 0 saturated heterocycles. The molecule has 0 spiro atoms. The van der Waals surface area contributed by atoms with E-state index in [1.54, 1.807) is 0 Å². The summed E-state index contributed by atoms with van der Waals surface area (Å²) in [5, 5.41) is 20.2. The summed E-state index contributed by atoms with van der Waals surface area (Å²) in [5.74, 6) is -1.80. The van der Waals surface area contributed by atoms with Gasteiger partial charge < -0.3 is 20.3 Å². The predicted molar refractivity (Wildman–Crippen MR) is 61.6 cm³/mol. The molecule has 0 saturated carbocycles. The van der Waals surface area contributed by atoms with E-state index < -0.39 is 17.5 Å². The first kappa shape index (κ1) is 15.9. The zero-order chi connectivity index (χ0) is 13.3. The number of hydrogen-bond donors (Lipinski definition) is 3. The van der Waals surface area contributed by atoms with Crippen LogP contribution in [0.15, 0.2) is 0 Å². The van der Waals surface area contributed by atoms with Crippen LogP contribution in [0.3, 0.4) is 0 Å². The lowest BCUT2D eigenvalue weighted by Crippen LogP contribution is -2.47. The number of hydrogen-bond acceptors (Lipinski definition) is 4. The lowest BCUT2D eigenvalue weighted by atomic mass is 10.1. The predicted octanol–water partition coefficient (Wildman–Crippen LogP) is 0.145. The van der Waals surface area contributed by atoms with E-state index >= 15 is 0 Å². The fourth-order valence-corrected chi connectivity index (χ4v) is 1.02. The highest BCUT2D eigenvalue weighted by atomic mass is 16.5. The second kappa shape index (κ2) is 8.03. The van der Waals surface area contributed by atoms with Gasteiger partial charge in [-0.3, -0.25) is 4.79 Å². The summed E-state index contributed by atoms with van der Waals surface area (Å²) in [6.07, 6.45) is 3.03. The van der Waals surface area contributed by atoms with Crippen molar-refractivity contribution in [3.05, 3.63) is 0 Å². The largest absolute Gasteiger partial charge is 0.479 e. The molecule has 6 heteroatoms. The summed E-state index contributed by atoms with van der Waals surface area (Å²) in [6, 6.07) is 0. The normalized spacial score (nSPS) is 14.1. The third-order valence-electron chi connectivity index (χ3n) is 2.22. The topological polar surface area (TPSA) is 95.9 Å². The summed E-state index contributed by atoms with van der Waals surface area (Å²) in [6.45, 7) is 3.26.